The molecule has 0 unspecified atom stereocenters. The van der Waals surface area contributed by atoms with Crippen LogP contribution in [-0.2, 0) is 6.42 Å². The lowest BCUT2D eigenvalue weighted by molar-refractivity contribution is 0.381. The van der Waals surface area contributed by atoms with Crippen LogP contribution in [0.3, 0.4) is 0 Å². The molecule has 1 heterocycles. The Hall–Kier alpha value is -1.61. The third-order valence-electron chi connectivity index (χ3n) is 2.51. The quantitative estimate of drug-likeness (QED) is 0.782. The maximum absolute atomic E-state index is 5.44. The van der Waals surface area contributed by atoms with Crippen molar-refractivity contribution in [3.63, 3.8) is 0 Å². The second-order valence-electron chi connectivity index (χ2n) is 3.79. The van der Waals surface area contributed by atoms with Crippen molar-refractivity contribution in [1.82, 2.24) is 5.16 Å². The maximum atomic E-state index is 5.44. The molecule has 0 saturated carbocycles. The van der Waals surface area contributed by atoms with Crippen molar-refractivity contribution in [2.75, 3.05) is 6.54 Å². The van der Waals surface area contributed by atoms with E-state index in [4.69, 9.17) is 10.3 Å². The van der Waals surface area contributed by atoms with Crippen molar-refractivity contribution in [3.8, 4) is 11.3 Å². The molecule has 0 atom stereocenters. The fourth-order valence-corrected chi connectivity index (χ4v) is 1.62. The summed E-state index contributed by atoms with van der Waals surface area (Å²) in [7, 11) is 0. The number of hydrogen-bond donors (Lipinski definition) is 1. The molecule has 0 spiro atoms. The normalized spacial score (nSPS) is 10.6. The van der Waals surface area contributed by atoms with Crippen LogP contribution in [0.25, 0.3) is 11.3 Å². The number of hydrogen-bond acceptors (Lipinski definition) is 3. The highest BCUT2D eigenvalue weighted by atomic mass is 16.5. The van der Waals surface area contributed by atoms with E-state index in [1.165, 1.54) is 0 Å². The van der Waals surface area contributed by atoms with Crippen LogP contribution in [0.5, 0.6) is 0 Å². The monoisotopic (exact) mass is 216 g/mol. The second kappa shape index (κ2) is 5.47. The van der Waals surface area contributed by atoms with Crippen molar-refractivity contribution in [1.29, 1.82) is 0 Å². The first-order chi connectivity index (χ1) is 7.90. The number of benzene rings is 1. The molecule has 0 radical (unpaired) electrons. The topological polar surface area (TPSA) is 52.0 Å². The van der Waals surface area contributed by atoms with Gasteiger partial charge in [0.25, 0.3) is 0 Å². The highest BCUT2D eigenvalue weighted by Gasteiger charge is 2.05. The molecule has 1 aromatic carbocycles. The number of unbranched alkanes of at least 4 members (excludes halogenated alkanes) is 1. The van der Waals surface area contributed by atoms with Gasteiger partial charge in [0.2, 0.25) is 0 Å². The molecule has 84 valence electrons. The van der Waals surface area contributed by atoms with E-state index >= 15 is 0 Å². The number of aromatic nitrogens is 1. The number of aryl methyl sites for hydroxylation is 1. The van der Waals surface area contributed by atoms with Crippen molar-refractivity contribution in [3.05, 3.63) is 42.2 Å². The summed E-state index contributed by atoms with van der Waals surface area (Å²) < 4.78 is 5.27. The van der Waals surface area contributed by atoms with Crippen LogP contribution < -0.4 is 5.73 Å². The van der Waals surface area contributed by atoms with Gasteiger partial charge in [-0.3, -0.25) is 0 Å². The summed E-state index contributed by atoms with van der Waals surface area (Å²) in [6.45, 7) is 0.736. The van der Waals surface area contributed by atoms with Crippen LogP contribution in [0.2, 0.25) is 0 Å². The van der Waals surface area contributed by atoms with E-state index in [2.05, 4.69) is 5.16 Å². The van der Waals surface area contributed by atoms with Gasteiger partial charge in [0, 0.05) is 18.1 Å². The molecular formula is C13H16N2O. The maximum Gasteiger partial charge on any atom is 0.137 e. The molecule has 2 rings (SSSR count). The number of rotatable bonds is 5. The largest absolute Gasteiger partial charge is 0.361 e. The molecule has 0 fully saturated rings. The Labute approximate surface area is 95.3 Å². The van der Waals surface area contributed by atoms with Crippen LogP contribution >= 0.6 is 0 Å². The third kappa shape index (κ3) is 2.70. The third-order valence-corrected chi connectivity index (χ3v) is 2.51. The summed E-state index contributed by atoms with van der Waals surface area (Å²) in [5.41, 5.74) is 7.44. The minimum absolute atomic E-state index is 0.736. The molecule has 1 aromatic heterocycles. The van der Waals surface area contributed by atoms with Crippen molar-refractivity contribution in [2.45, 2.75) is 19.3 Å². The lowest BCUT2D eigenvalue weighted by Gasteiger charge is -1.93. The standard InChI is InChI=1S/C13H16N2O/c14-9-5-4-8-12-10-13(15-16-12)11-6-2-1-3-7-11/h1-3,6-7,10H,4-5,8-9,14H2. The Balaban J connectivity index is 2.02. The van der Waals surface area contributed by atoms with Gasteiger partial charge in [-0.05, 0) is 19.4 Å². The Bertz CT molecular complexity index is 423. The predicted molar refractivity (Wildman–Crippen MR) is 63.9 cm³/mol. The Morgan fingerprint density at radius 3 is 2.69 bits per heavy atom. The van der Waals surface area contributed by atoms with Gasteiger partial charge in [-0.25, -0.2) is 0 Å². The highest BCUT2D eigenvalue weighted by molar-refractivity contribution is 5.58. The van der Waals surface area contributed by atoms with Gasteiger partial charge in [-0.2, -0.15) is 0 Å². The molecule has 0 aliphatic carbocycles. The van der Waals surface area contributed by atoms with Crippen LogP contribution in [0.1, 0.15) is 18.6 Å². The molecule has 2 N–H and O–H groups in total. The zero-order chi connectivity index (χ0) is 11.2. The van der Waals surface area contributed by atoms with Gasteiger partial charge in [0.05, 0.1) is 0 Å². The second-order valence-corrected chi connectivity index (χ2v) is 3.79. The van der Waals surface area contributed by atoms with Crippen LogP contribution in [0.15, 0.2) is 40.9 Å². The molecular weight excluding hydrogens is 200 g/mol. The Kier molecular flexibility index (Phi) is 3.72. The zero-order valence-corrected chi connectivity index (χ0v) is 9.23. The lowest BCUT2D eigenvalue weighted by atomic mass is 10.1. The average Bonchev–Trinajstić information content (AvgIpc) is 2.79. The molecule has 0 saturated heterocycles. The van der Waals surface area contributed by atoms with Crippen molar-refractivity contribution in [2.24, 2.45) is 5.73 Å². The smallest absolute Gasteiger partial charge is 0.137 e. The Morgan fingerprint density at radius 2 is 1.94 bits per heavy atom. The summed E-state index contributed by atoms with van der Waals surface area (Å²) in [6.07, 6.45) is 3.00. The fraction of sp³-hybridized carbons (Fsp3) is 0.308. The van der Waals surface area contributed by atoms with Crippen LogP contribution in [-0.4, -0.2) is 11.7 Å². The van der Waals surface area contributed by atoms with Gasteiger partial charge in [0.1, 0.15) is 11.5 Å². The first-order valence-corrected chi connectivity index (χ1v) is 5.61. The summed E-state index contributed by atoms with van der Waals surface area (Å²) in [4.78, 5) is 0. The minimum Gasteiger partial charge on any atom is -0.361 e. The molecule has 2 aromatic rings. The SMILES string of the molecule is NCCCCc1cc(-c2ccccc2)no1. The zero-order valence-electron chi connectivity index (χ0n) is 9.23. The minimum atomic E-state index is 0.736. The van der Waals surface area contributed by atoms with Gasteiger partial charge in [0.15, 0.2) is 0 Å². The van der Waals surface area contributed by atoms with E-state index in [1.807, 2.05) is 36.4 Å². The molecule has 3 heteroatoms. The van der Waals surface area contributed by atoms with E-state index in [-0.39, 0.29) is 0 Å². The van der Waals surface area contributed by atoms with E-state index in [0.717, 1.165) is 42.8 Å². The average molecular weight is 216 g/mol. The van der Waals surface area contributed by atoms with Gasteiger partial charge >= 0.3 is 0 Å². The highest BCUT2D eigenvalue weighted by Crippen LogP contribution is 2.19. The molecule has 16 heavy (non-hydrogen) atoms. The lowest BCUT2D eigenvalue weighted by Crippen LogP contribution is -1.98. The van der Waals surface area contributed by atoms with Crippen molar-refractivity contribution < 1.29 is 4.52 Å². The van der Waals surface area contributed by atoms with Gasteiger partial charge in [-0.1, -0.05) is 35.5 Å². The molecule has 0 aliphatic heterocycles. The van der Waals surface area contributed by atoms with E-state index < -0.39 is 0 Å². The molecule has 0 aliphatic rings. The first-order valence-electron chi connectivity index (χ1n) is 5.61. The number of nitrogens with two attached hydrogens (primary N) is 1. The molecule has 0 amide bonds. The molecule has 0 bridgehead atoms. The first kappa shape index (κ1) is 10.9. The van der Waals surface area contributed by atoms with E-state index in [9.17, 15) is 0 Å². The number of nitrogens with zero attached hydrogens (tertiary/aromatic N) is 1. The van der Waals surface area contributed by atoms with Crippen LogP contribution in [0, 0.1) is 0 Å². The predicted octanol–water partition coefficient (Wildman–Crippen LogP) is 2.62. The summed E-state index contributed by atoms with van der Waals surface area (Å²) >= 11 is 0. The summed E-state index contributed by atoms with van der Waals surface area (Å²) in [6, 6.07) is 12.1. The van der Waals surface area contributed by atoms with Gasteiger partial charge < -0.3 is 10.3 Å². The van der Waals surface area contributed by atoms with Gasteiger partial charge in [-0.15, -0.1) is 0 Å². The summed E-state index contributed by atoms with van der Waals surface area (Å²) in [5, 5.41) is 4.06. The Morgan fingerprint density at radius 1 is 1.12 bits per heavy atom. The van der Waals surface area contributed by atoms with Crippen molar-refractivity contribution >= 4 is 0 Å². The van der Waals surface area contributed by atoms with Crippen LogP contribution in [0.4, 0.5) is 0 Å². The molecule has 3 nitrogen and oxygen atoms in total. The van der Waals surface area contributed by atoms with E-state index in [1.54, 1.807) is 0 Å². The van der Waals surface area contributed by atoms with E-state index in [0.29, 0.717) is 0 Å². The summed E-state index contributed by atoms with van der Waals surface area (Å²) in [5.74, 6) is 0.937. The fourth-order valence-electron chi connectivity index (χ4n) is 1.62.